The van der Waals surface area contributed by atoms with Crippen molar-refractivity contribution in [2.45, 2.75) is 25.7 Å². The molecule has 9 heteroatoms. The van der Waals surface area contributed by atoms with Crippen LogP contribution in [-0.4, -0.2) is 34.8 Å². The van der Waals surface area contributed by atoms with Gasteiger partial charge in [0.2, 0.25) is 5.91 Å². The van der Waals surface area contributed by atoms with Crippen LogP contribution in [0.25, 0.3) is 23.0 Å². The van der Waals surface area contributed by atoms with Crippen LogP contribution in [0.4, 0.5) is 5.00 Å². The molecule has 0 radical (unpaired) electrons. The number of benzene rings is 2. The van der Waals surface area contributed by atoms with Crippen molar-refractivity contribution >= 4 is 34.2 Å². The van der Waals surface area contributed by atoms with Crippen molar-refractivity contribution in [2.75, 3.05) is 18.5 Å². The summed E-state index contributed by atoms with van der Waals surface area (Å²) in [6.07, 6.45) is 8.88. The molecule has 8 nitrogen and oxygen atoms in total. The summed E-state index contributed by atoms with van der Waals surface area (Å²) in [5, 5.41) is 8.23. The number of nitrogens with zero attached hydrogens (tertiary/aromatic N) is 2. The predicted molar refractivity (Wildman–Crippen MR) is 147 cm³/mol. The number of nitrogens with two attached hydrogens (primary N) is 1. The van der Waals surface area contributed by atoms with E-state index in [0.717, 1.165) is 52.9 Å². The lowest BCUT2D eigenvalue weighted by molar-refractivity contribution is -0.111. The van der Waals surface area contributed by atoms with Crippen molar-refractivity contribution in [2.24, 2.45) is 5.73 Å². The minimum atomic E-state index is -0.506. The number of rotatable bonds is 6. The lowest BCUT2D eigenvalue weighted by Gasteiger charge is -2.18. The molecule has 1 aliphatic heterocycles. The first-order chi connectivity index (χ1) is 18.6. The fourth-order valence-corrected chi connectivity index (χ4v) is 6.17. The number of carbonyl (C=O) groups is 2. The molecule has 2 aromatic carbocycles. The Bertz CT molecular complexity index is 1550. The molecule has 1 aliphatic carbocycles. The summed E-state index contributed by atoms with van der Waals surface area (Å²) in [4.78, 5) is 26.3. The number of hydrogen-bond acceptors (Lipinski definition) is 6. The van der Waals surface area contributed by atoms with Crippen molar-refractivity contribution in [3.63, 3.8) is 0 Å². The minimum Gasteiger partial charge on any atom is -0.486 e. The van der Waals surface area contributed by atoms with E-state index in [9.17, 15) is 9.59 Å². The summed E-state index contributed by atoms with van der Waals surface area (Å²) < 4.78 is 13.2. The second kappa shape index (κ2) is 10.2. The topological polar surface area (TPSA) is 108 Å². The van der Waals surface area contributed by atoms with Gasteiger partial charge in [-0.15, -0.1) is 11.3 Å². The van der Waals surface area contributed by atoms with E-state index in [4.69, 9.17) is 20.3 Å². The summed E-state index contributed by atoms with van der Waals surface area (Å²) in [6.45, 7) is 1.00. The first kappa shape index (κ1) is 24.0. The van der Waals surface area contributed by atoms with E-state index in [1.54, 1.807) is 10.8 Å². The molecule has 38 heavy (non-hydrogen) atoms. The number of anilines is 1. The van der Waals surface area contributed by atoms with Crippen LogP contribution < -0.4 is 20.5 Å². The van der Waals surface area contributed by atoms with Gasteiger partial charge in [-0.3, -0.25) is 9.59 Å². The van der Waals surface area contributed by atoms with Gasteiger partial charge in [0.05, 0.1) is 11.3 Å². The van der Waals surface area contributed by atoms with Gasteiger partial charge in [-0.2, -0.15) is 5.10 Å². The molecule has 0 saturated heterocycles. The zero-order chi connectivity index (χ0) is 26.1. The summed E-state index contributed by atoms with van der Waals surface area (Å²) in [7, 11) is 0. The number of aromatic nitrogens is 2. The van der Waals surface area contributed by atoms with Crippen LogP contribution in [0.2, 0.25) is 0 Å². The molecule has 192 valence electrons. The Morgan fingerprint density at radius 1 is 1.03 bits per heavy atom. The zero-order valence-corrected chi connectivity index (χ0v) is 21.4. The molecule has 4 aromatic rings. The molecule has 2 amide bonds. The highest BCUT2D eigenvalue weighted by Crippen LogP contribution is 2.38. The maximum atomic E-state index is 13.0. The molecular formula is C29H26N4O4S. The molecule has 2 aliphatic rings. The second-order valence-electron chi connectivity index (χ2n) is 9.17. The van der Waals surface area contributed by atoms with Crippen LogP contribution in [0, 0.1) is 0 Å². The molecule has 0 fully saturated rings. The second-order valence-corrected chi connectivity index (χ2v) is 10.3. The molecule has 0 spiro atoms. The van der Waals surface area contributed by atoms with Crippen LogP contribution in [0.3, 0.4) is 0 Å². The average Bonchev–Trinajstić information content (AvgIpc) is 3.53. The lowest BCUT2D eigenvalue weighted by atomic mass is 9.95. The Morgan fingerprint density at radius 2 is 1.82 bits per heavy atom. The standard InChI is InChI=1S/C29H26N4O4S/c30-28(35)26-21-8-4-5-9-24(21)38-29(26)31-25(34)13-11-19-17-33(20-6-2-1-3-7-20)32-27(19)18-10-12-22-23(16-18)37-15-14-36-22/h1-3,6-7,10-13,16-17H,4-5,8-9,14-15H2,(H2,30,35)(H,31,34)/b13-11+. The van der Waals surface area contributed by atoms with Gasteiger partial charge in [-0.25, -0.2) is 4.68 Å². The van der Waals surface area contributed by atoms with E-state index in [2.05, 4.69) is 5.32 Å². The van der Waals surface area contributed by atoms with E-state index in [-0.39, 0.29) is 5.91 Å². The minimum absolute atomic E-state index is 0.341. The van der Waals surface area contributed by atoms with Crippen LogP contribution in [0.15, 0.2) is 60.8 Å². The van der Waals surface area contributed by atoms with Gasteiger partial charge in [0, 0.05) is 28.3 Å². The van der Waals surface area contributed by atoms with Gasteiger partial charge in [-0.05, 0) is 67.7 Å². The van der Waals surface area contributed by atoms with Crippen LogP contribution >= 0.6 is 11.3 Å². The summed E-state index contributed by atoms with van der Waals surface area (Å²) >= 11 is 1.45. The Kier molecular flexibility index (Phi) is 6.43. The number of hydrogen-bond donors (Lipinski definition) is 2. The molecule has 3 heterocycles. The van der Waals surface area contributed by atoms with E-state index in [1.165, 1.54) is 17.4 Å². The van der Waals surface area contributed by atoms with Gasteiger partial charge in [0.25, 0.3) is 5.91 Å². The SMILES string of the molecule is NC(=O)c1c(NC(=O)/C=C/c2cn(-c3ccccc3)nc2-c2ccc3c(c2)OCCO3)sc2c1CCCC2. The molecule has 0 atom stereocenters. The van der Waals surface area contributed by atoms with E-state index < -0.39 is 5.91 Å². The highest BCUT2D eigenvalue weighted by molar-refractivity contribution is 7.17. The quantitative estimate of drug-likeness (QED) is 0.344. The normalized spacial score (nSPS) is 14.3. The van der Waals surface area contributed by atoms with Crippen LogP contribution in [0.5, 0.6) is 11.5 Å². The highest BCUT2D eigenvalue weighted by atomic mass is 32.1. The molecule has 3 N–H and O–H groups in total. The van der Waals surface area contributed by atoms with Gasteiger partial charge in [-0.1, -0.05) is 18.2 Å². The number of ether oxygens (including phenoxy) is 2. The van der Waals surface area contributed by atoms with Gasteiger partial charge in [0.1, 0.15) is 23.9 Å². The number of thiophene rings is 1. The Hall–Kier alpha value is -4.37. The largest absolute Gasteiger partial charge is 0.486 e. The fraction of sp³-hybridized carbons (Fsp3) is 0.207. The number of aryl methyl sites for hydroxylation is 1. The number of carbonyl (C=O) groups excluding carboxylic acids is 2. The van der Waals surface area contributed by atoms with Crippen LogP contribution in [0.1, 0.15) is 39.2 Å². The maximum absolute atomic E-state index is 13.0. The molecular weight excluding hydrogens is 500 g/mol. The Balaban J connectivity index is 1.32. The Morgan fingerprint density at radius 3 is 2.63 bits per heavy atom. The monoisotopic (exact) mass is 526 g/mol. The number of para-hydroxylation sites is 1. The number of amides is 2. The smallest absolute Gasteiger partial charge is 0.251 e. The Labute approximate surface area is 223 Å². The molecule has 2 aromatic heterocycles. The third-order valence-corrected chi connectivity index (χ3v) is 7.85. The van der Waals surface area contributed by atoms with E-state index in [1.807, 2.05) is 54.7 Å². The van der Waals surface area contributed by atoms with Crippen molar-refractivity contribution in [1.29, 1.82) is 0 Å². The summed E-state index contributed by atoms with van der Waals surface area (Å²) in [6, 6.07) is 15.5. The molecule has 0 bridgehead atoms. The zero-order valence-electron chi connectivity index (χ0n) is 20.6. The van der Waals surface area contributed by atoms with Crippen LogP contribution in [-0.2, 0) is 17.6 Å². The van der Waals surface area contributed by atoms with Crippen molar-refractivity contribution in [3.05, 3.63) is 82.4 Å². The average molecular weight is 527 g/mol. The van der Waals surface area contributed by atoms with Crippen molar-refractivity contribution in [1.82, 2.24) is 9.78 Å². The van der Waals surface area contributed by atoms with E-state index >= 15 is 0 Å². The van der Waals surface area contributed by atoms with Crippen molar-refractivity contribution in [3.8, 4) is 28.4 Å². The fourth-order valence-electron chi connectivity index (χ4n) is 4.87. The van der Waals surface area contributed by atoms with Gasteiger partial charge in [0.15, 0.2) is 11.5 Å². The third kappa shape index (κ3) is 4.68. The molecule has 0 unspecified atom stereocenters. The van der Waals surface area contributed by atoms with E-state index in [0.29, 0.717) is 41.0 Å². The first-order valence-electron chi connectivity index (χ1n) is 12.6. The molecule has 0 saturated carbocycles. The maximum Gasteiger partial charge on any atom is 0.251 e. The van der Waals surface area contributed by atoms with Gasteiger partial charge < -0.3 is 20.5 Å². The van der Waals surface area contributed by atoms with Gasteiger partial charge >= 0.3 is 0 Å². The lowest BCUT2D eigenvalue weighted by Crippen LogP contribution is -2.17. The summed E-state index contributed by atoms with van der Waals surface area (Å²) in [5.41, 5.74) is 10.3. The third-order valence-electron chi connectivity index (χ3n) is 6.65. The molecule has 6 rings (SSSR count). The first-order valence-corrected chi connectivity index (χ1v) is 13.4. The predicted octanol–water partition coefficient (Wildman–Crippen LogP) is 5.00. The number of nitrogens with one attached hydrogen (secondary N) is 1. The summed E-state index contributed by atoms with van der Waals surface area (Å²) in [5.74, 6) is 0.514. The number of fused-ring (bicyclic) bond motifs is 2. The number of primary amides is 1. The van der Waals surface area contributed by atoms with Crippen molar-refractivity contribution < 1.29 is 19.1 Å². The highest BCUT2D eigenvalue weighted by Gasteiger charge is 2.24.